The highest BCUT2D eigenvalue weighted by Gasteiger charge is 2.23. The first kappa shape index (κ1) is 18.0. The van der Waals surface area contributed by atoms with Gasteiger partial charge in [0.25, 0.3) is 0 Å². The average Bonchev–Trinajstić information content (AvgIpc) is 2.74. The van der Waals surface area contributed by atoms with Gasteiger partial charge in [0.1, 0.15) is 18.1 Å². The summed E-state index contributed by atoms with van der Waals surface area (Å²) in [5.74, 6) is 0.909. The van der Waals surface area contributed by atoms with E-state index in [1.165, 1.54) is 0 Å². The molecule has 0 saturated carbocycles. The molecule has 4 heteroatoms. The molecule has 4 nitrogen and oxygen atoms in total. The van der Waals surface area contributed by atoms with E-state index >= 15 is 0 Å². The molecular weight excluding hydrogens is 336 g/mol. The van der Waals surface area contributed by atoms with E-state index in [1.807, 2.05) is 31.3 Å². The summed E-state index contributed by atoms with van der Waals surface area (Å²) in [5, 5.41) is 11.1. The molecule has 2 heterocycles. The molecule has 1 fully saturated rings. The predicted molar refractivity (Wildman–Crippen MR) is 109 cm³/mol. The Morgan fingerprint density at radius 1 is 1.07 bits per heavy atom. The van der Waals surface area contributed by atoms with Crippen molar-refractivity contribution in [1.29, 1.82) is 0 Å². The number of ether oxygens (including phenoxy) is 1. The molecule has 0 unspecified atom stereocenters. The third-order valence-corrected chi connectivity index (χ3v) is 5.36. The Morgan fingerprint density at radius 3 is 2.56 bits per heavy atom. The van der Waals surface area contributed by atoms with Gasteiger partial charge in [-0.15, -0.1) is 0 Å². The summed E-state index contributed by atoms with van der Waals surface area (Å²) in [7, 11) is 0. The van der Waals surface area contributed by atoms with Crippen LogP contribution in [0.3, 0.4) is 0 Å². The number of aliphatic hydroxyl groups excluding tert-OH is 1. The van der Waals surface area contributed by atoms with Gasteiger partial charge in [0.05, 0.1) is 5.52 Å². The van der Waals surface area contributed by atoms with Crippen molar-refractivity contribution in [2.45, 2.75) is 38.5 Å². The molecule has 2 aromatic carbocycles. The van der Waals surface area contributed by atoms with Crippen molar-refractivity contribution in [1.82, 2.24) is 9.88 Å². The molecule has 1 aliphatic rings. The van der Waals surface area contributed by atoms with Gasteiger partial charge in [-0.05, 0) is 54.7 Å². The topological polar surface area (TPSA) is 45.6 Å². The minimum atomic E-state index is -0.318. The number of hydrogen-bond donors (Lipinski definition) is 1. The van der Waals surface area contributed by atoms with E-state index in [0.717, 1.165) is 60.1 Å². The Morgan fingerprint density at radius 2 is 1.81 bits per heavy atom. The molecule has 3 aromatic rings. The quantitative estimate of drug-likeness (QED) is 0.727. The maximum atomic E-state index is 9.94. The maximum Gasteiger partial charge on any atom is 0.119 e. The van der Waals surface area contributed by atoms with Gasteiger partial charge in [-0.3, -0.25) is 9.88 Å². The highest BCUT2D eigenvalue weighted by molar-refractivity contribution is 5.84. The van der Waals surface area contributed by atoms with Crippen LogP contribution in [0.5, 0.6) is 5.75 Å². The van der Waals surface area contributed by atoms with Crippen molar-refractivity contribution in [2.75, 3.05) is 13.1 Å². The highest BCUT2D eigenvalue weighted by Crippen LogP contribution is 2.27. The second kappa shape index (κ2) is 8.07. The summed E-state index contributed by atoms with van der Waals surface area (Å²) in [4.78, 5) is 6.58. The fraction of sp³-hybridized carbons (Fsp3) is 0.348. The van der Waals surface area contributed by atoms with Crippen molar-refractivity contribution < 1.29 is 9.84 Å². The average molecular weight is 362 g/mol. The Labute approximate surface area is 160 Å². The molecule has 0 bridgehead atoms. The van der Waals surface area contributed by atoms with Crippen molar-refractivity contribution >= 4 is 10.9 Å². The molecule has 1 aliphatic heterocycles. The number of rotatable bonds is 5. The number of aliphatic hydroxyl groups is 1. The standard InChI is InChI=1S/C23H26N2O2/c1-2-23(26)25-14-11-21(12-15-25)27-20-9-7-17(8-10-20)19-6-5-18-4-3-13-24-22(18)16-19/h3-10,13,16,21,23,26H,2,11-12,14-15H2,1H3/t23-/m1/s1. The van der Waals surface area contributed by atoms with Gasteiger partial charge >= 0.3 is 0 Å². The second-order valence-electron chi connectivity index (χ2n) is 7.18. The zero-order valence-electron chi connectivity index (χ0n) is 15.7. The smallest absolute Gasteiger partial charge is 0.119 e. The number of benzene rings is 2. The molecule has 27 heavy (non-hydrogen) atoms. The van der Waals surface area contributed by atoms with Crippen LogP contribution in [0.1, 0.15) is 26.2 Å². The molecular formula is C23H26N2O2. The molecule has 1 N–H and O–H groups in total. The van der Waals surface area contributed by atoms with E-state index in [2.05, 4.69) is 46.3 Å². The number of nitrogens with zero attached hydrogens (tertiary/aromatic N) is 2. The van der Waals surface area contributed by atoms with Crippen LogP contribution in [-0.4, -0.2) is 40.4 Å². The van der Waals surface area contributed by atoms with E-state index in [1.54, 1.807) is 0 Å². The Balaban J connectivity index is 1.40. The first-order valence-electron chi connectivity index (χ1n) is 9.77. The highest BCUT2D eigenvalue weighted by atomic mass is 16.5. The zero-order chi connectivity index (χ0) is 18.6. The molecule has 0 radical (unpaired) electrons. The number of fused-ring (bicyclic) bond motifs is 1. The van der Waals surface area contributed by atoms with E-state index in [9.17, 15) is 5.11 Å². The minimum Gasteiger partial charge on any atom is -0.490 e. The van der Waals surface area contributed by atoms with Crippen molar-refractivity contribution in [2.24, 2.45) is 0 Å². The van der Waals surface area contributed by atoms with Crippen LogP contribution < -0.4 is 4.74 Å². The van der Waals surface area contributed by atoms with Crippen LogP contribution in [0.25, 0.3) is 22.0 Å². The van der Waals surface area contributed by atoms with E-state index < -0.39 is 0 Å². The molecule has 4 rings (SSSR count). The molecule has 1 atom stereocenters. The first-order valence-corrected chi connectivity index (χ1v) is 9.77. The Bertz CT molecular complexity index is 886. The summed E-state index contributed by atoms with van der Waals surface area (Å²) >= 11 is 0. The molecule has 1 saturated heterocycles. The number of likely N-dealkylation sites (tertiary alicyclic amines) is 1. The van der Waals surface area contributed by atoms with Gasteiger partial charge in [0.2, 0.25) is 0 Å². The number of pyridine rings is 1. The van der Waals surface area contributed by atoms with Gasteiger partial charge in [0, 0.05) is 24.7 Å². The van der Waals surface area contributed by atoms with Crippen LogP contribution in [-0.2, 0) is 0 Å². The van der Waals surface area contributed by atoms with Crippen molar-refractivity contribution in [3.63, 3.8) is 0 Å². The van der Waals surface area contributed by atoms with E-state index in [4.69, 9.17) is 4.74 Å². The largest absolute Gasteiger partial charge is 0.490 e. The Hall–Kier alpha value is -2.43. The van der Waals surface area contributed by atoms with Crippen molar-refractivity contribution in [3.8, 4) is 16.9 Å². The predicted octanol–water partition coefficient (Wildman–Crippen LogP) is 4.47. The van der Waals surface area contributed by atoms with Gasteiger partial charge in [-0.25, -0.2) is 0 Å². The lowest BCUT2D eigenvalue weighted by atomic mass is 10.0. The summed E-state index contributed by atoms with van der Waals surface area (Å²) in [6.07, 6.45) is 4.41. The van der Waals surface area contributed by atoms with Gasteiger partial charge in [-0.2, -0.15) is 0 Å². The molecule has 0 spiro atoms. The van der Waals surface area contributed by atoms with Crippen LogP contribution in [0.2, 0.25) is 0 Å². The van der Waals surface area contributed by atoms with Crippen LogP contribution in [0.15, 0.2) is 60.8 Å². The summed E-state index contributed by atoms with van der Waals surface area (Å²) < 4.78 is 6.16. The number of aromatic nitrogens is 1. The normalized spacial score (nSPS) is 17.1. The van der Waals surface area contributed by atoms with Gasteiger partial charge in [0.15, 0.2) is 0 Å². The fourth-order valence-electron chi connectivity index (χ4n) is 3.71. The number of piperidine rings is 1. The van der Waals surface area contributed by atoms with Gasteiger partial charge < -0.3 is 9.84 Å². The van der Waals surface area contributed by atoms with Crippen LogP contribution >= 0.6 is 0 Å². The summed E-state index contributed by atoms with van der Waals surface area (Å²) in [5.41, 5.74) is 3.33. The second-order valence-corrected chi connectivity index (χ2v) is 7.18. The third-order valence-electron chi connectivity index (χ3n) is 5.36. The lowest BCUT2D eigenvalue weighted by molar-refractivity contribution is -0.0297. The van der Waals surface area contributed by atoms with E-state index in [0.29, 0.717) is 0 Å². The lowest BCUT2D eigenvalue weighted by Gasteiger charge is -2.34. The first-order chi connectivity index (χ1) is 13.2. The summed E-state index contributed by atoms with van der Waals surface area (Å²) in [6.45, 7) is 3.80. The monoisotopic (exact) mass is 362 g/mol. The minimum absolute atomic E-state index is 0.223. The Kier molecular flexibility index (Phi) is 5.37. The maximum absolute atomic E-state index is 9.94. The summed E-state index contributed by atoms with van der Waals surface area (Å²) in [6, 6.07) is 18.7. The lowest BCUT2D eigenvalue weighted by Crippen LogP contribution is -2.43. The zero-order valence-corrected chi connectivity index (χ0v) is 15.7. The number of hydrogen-bond acceptors (Lipinski definition) is 4. The van der Waals surface area contributed by atoms with Crippen molar-refractivity contribution in [3.05, 3.63) is 60.8 Å². The fourth-order valence-corrected chi connectivity index (χ4v) is 3.71. The van der Waals surface area contributed by atoms with Crippen LogP contribution in [0.4, 0.5) is 0 Å². The molecule has 0 amide bonds. The molecule has 1 aromatic heterocycles. The third kappa shape index (κ3) is 4.12. The van der Waals surface area contributed by atoms with Crippen LogP contribution in [0, 0.1) is 0 Å². The van der Waals surface area contributed by atoms with Gasteiger partial charge in [-0.1, -0.05) is 37.3 Å². The van der Waals surface area contributed by atoms with E-state index in [-0.39, 0.29) is 12.3 Å². The molecule has 0 aliphatic carbocycles. The SMILES string of the molecule is CC[C@@H](O)N1CCC(Oc2ccc(-c3ccc4cccnc4c3)cc2)CC1. The molecule has 140 valence electrons.